The molecule has 1 fully saturated rings. The first kappa shape index (κ1) is 15.8. The van der Waals surface area contributed by atoms with Gasteiger partial charge in [0.25, 0.3) is 5.91 Å². The van der Waals surface area contributed by atoms with Gasteiger partial charge in [-0.25, -0.2) is 0 Å². The molecule has 2 aromatic rings. The minimum atomic E-state index is -0.703. The van der Waals surface area contributed by atoms with Crippen LogP contribution in [0.3, 0.4) is 0 Å². The summed E-state index contributed by atoms with van der Waals surface area (Å²) >= 11 is 7.95. The van der Waals surface area contributed by atoms with Gasteiger partial charge in [-0.15, -0.1) is 11.8 Å². The topological polar surface area (TPSA) is 41.6 Å². The van der Waals surface area contributed by atoms with Crippen LogP contribution in [0.2, 0.25) is 5.02 Å². The highest BCUT2D eigenvalue weighted by Crippen LogP contribution is 2.50. The second-order valence-electron chi connectivity index (χ2n) is 5.82. The molecule has 6 heteroatoms. The van der Waals surface area contributed by atoms with Crippen molar-refractivity contribution >= 4 is 35.0 Å². The fraction of sp³-hybridized carbons (Fsp3) is 0.278. The summed E-state index contributed by atoms with van der Waals surface area (Å²) in [5.74, 6) is 1.73. The van der Waals surface area contributed by atoms with Crippen molar-refractivity contribution in [1.82, 2.24) is 5.32 Å². The maximum atomic E-state index is 13.3. The van der Waals surface area contributed by atoms with Crippen LogP contribution < -0.4 is 15.0 Å². The molecule has 1 amide bonds. The Morgan fingerprint density at radius 1 is 1.33 bits per heavy atom. The Bertz CT molecular complexity index is 805. The number of carbonyl (C=O) groups excluding carboxylic acids is 1. The zero-order chi connectivity index (χ0) is 16.7. The molecule has 4 nitrogen and oxygen atoms in total. The van der Waals surface area contributed by atoms with E-state index in [0.29, 0.717) is 11.6 Å². The number of hydrogen-bond donors (Lipinski definition) is 1. The summed E-state index contributed by atoms with van der Waals surface area (Å²) in [4.78, 5) is 14.4. The molecule has 2 aliphatic heterocycles. The van der Waals surface area contributed by atoms with E-state index in [-0.39, 0.29) is 5.91 Å². The van der Waals surface area contributed by atoms with Crippen molar-refractivity contribution in [2.24, 2.45) is 0 Å². The van der Waals surface area contributed by atoms with Gasteiger partial charge >= 0.3 is 0 Å². The normalized spacial score (nSPS) is 22.2. The molecule has 1 atom stereocenters. The van der Waals surface area contributed by atoms with Crippen LogP contribution in [0.5, 0.6) is 5.75 Å². The summed E-state index contributed by atoms with van der Waals surface area (Å²) in [5, 5.41) is 4.08. The highest BCUT2D eigenvalue weighted by molar-refractivity contribution is 8.01. The Labute approximate surface area is 150 Å². The van der Waals surface area contributed by atoms with Gasteiger partial charge in [-0.2, -0.15) is 0 Å². The van der Waals surface area contributed by atoms with Crippen molar-refractivity contribution in [2.45, 2.75) is 11.4 Å². The number of hydrogen-bond acceptors (Lipinski definition) is 4. The minimum Gasteiger partial charge on any atom is -0.497 e. The first-order valence-corrected chi connectivity index (χ1v) is 9.15. The van der Waals surface area contributed by atoms with Crippen LogP contribution in [0.25, 0.3) is 0 Å². The lowest BCUT2D eigenvalue weighted by atomic mass is 10.1. The zero-order valence-electron chi connectivity index (χ0n) is 13.2. The Morgan fingerprint density at radius 3 is 2.88 bits per heavy atom. The molecule has 0 radical (unpaired) electrons. The van der Waals surface area contributed by atoms with E-state index in [4.69, 9.17) is 16.3 Å². The van der Waals surface area contributed by atoms with E-state index in [1.165, 1.54) is 0 Å². The van der Waals surface area contributed by atoms with E-state index in [9.17, 15) is 4.79 Å². The number of methoxy groups -OCH3 is 1. The van der Waals surface area contributed by atoms with E-state index in [2.05, 4.69) is 5.32 Å². The van der Waals surface area contributed by atoms with Gasteiger partial charge in [-0.3, -0.25) is 10.1 Å². The summed E-state index contributed by atoms with van der Waals surface area (Å²) < 4.78 is 5.36. The molecule has 0 aliphatic carbocycles. The van der Waals surface area contributed by atoms with E-state index in [1.54, 1.807) is 18.9 Å². The average molecular weight is 361 g/mol. The molecule has 0 bridgehead atoms. The molecule has 124 valence electrons. The third-order valence-corrected chi connectivity index (χ3v) is 6.25. The van der Waals surface area contributed by atoms with E-state index in [0.717, 1.165) is 34.9 Å². The molecule has 1 N–H and O–H groups in total. The maximum Gasteiger partial charge on any atom is 0.262 e. The summed E-state index contributed by atoms with van der Waals surface area (Å²) in [6.07, 6.45) is 0. The van der Waals surface area contributed by atoms with Gasteiger partial charge in [0, 0.05) is 22.9 Å². The van der Waals surface area contributed by atoms with Crippen molar-refractivity contribution in [3.63, 3.8) is 0 Å². The number of rotatable bonds is 3. The Kier molecular flexibility index (Phi) is 3.95. The van der Waals surface area contributed by atoms with Gasteiger partial charge in [-0.05, 0) is 29.8 Å². The lowest BCUT2D eigenvalue weighted by molar-refractivity contribution is -0.121. The van der Waals surface area contributed by atoms with E-state index < -0.39 is 4.87 Å². The second-order valence-corrected chi connectivity index (χ2v) is 7.54. The standard InChI is InChI=1S/C18H17ClN2O2S/c1-23-13-6-7-16-14(10-13)18(20-8-9-24-18)17(22)21(16)11-12-4-2-3-5-15(12)19/h2-7,10,20H,8-9,11H2,1H3. The lowest BCUT2D eigenvalue weighted by Crippen LogP contribution is -2.44. The Morgan fingerprint density at radius 2 is 2.17 bits per heavy atom. The lowest BCUT2D eigenvalue weighted by Gasteiger charge is -2.23. The van der Waals surface area contributed by atoms with Gasteiger partial charge in [0.1, 0.15) is 5.75 Å². The first-order valence-electron chi connectivity index (χ1n) is 7.78. The number of benzene rings is 2. The van der Waals surface area contributed by atoms with Crippen LogP contribution in [0.4, 0.5) is 5.69 Å². The third-order valence-electron chi connectivity index (χ3n) is 4.50. The molecular weight excluding hydrogens is 344 g/mol. The van der Waals surface area contributed by atoms with Gasteiger partial charge in [0.05, 0.1) is 19.3 Å². The largest absolute Gasteiger partial charge is 0.497 e. The molecule has 4 rings (SSSR count). The zero-order valence-corrected chi connectivity index (χ0v) is 14.8. The fourth-order valence-electron chi connectivity index (χ4n) is 3.32. The van der Waals surface area contributed by atoms with Crippen LogP contribution >= 0.6 is 23.4 Å². The molecule has 0 saturated carbocycles. The van der Waals surface area contributed by atoms with Crippen LogP contribution in [0.15, 0.2) is 42.5 Å². The maximum absolute atomic E-state index is 13.3. The molecule has 24 heavy (non-hydrogen) atoms. The number of thioether (sulfide) groups is 1. The Balaban J connectivity index is 1.80. The van der Waals surface area contributed by atoms with Gasteiger partial charge < -0.3 is 9.64 Å². The summed E-state index contributed by atoms with van der Waals surface area (Å²) in [5.41, 5.74) is 2.83. The van der Waals surface area contributed by atoms with E-state index in [1.807, 2.05) is 47.4 Å². The van der Waals surface area contributed by atoms with Crippen molar-refractivity contribution in [3.05, 3.63) is 58.6 Å². The van der Waals surface area contributed by atoms with Gasteiger partial charge in [0.2, 0.25) is 0 Å². The molecule has 2 aliphatic rings. The number of nitrogens with one attached hydrogen (secondary N) is 1. The number of amides is 1. The predicted octanol–water partition coefficient (Wildman–Crippen LogP) is 3.38. The molecule has 1 saturated heterocycles. The molecule has 2 heterocycles. The number of fused-ring (bicyclic) bond motifs is 2. The van der Waals surface area contributed by atoms with Crippen LogP contribution in [0, 0.1) is 0 Å². The summed E-state index contributed by atoms with van der Waals surface area (Å²) in [6, 6.07) is 13.5. The van der Waals surface area contributed by atoms with Gasteiger partial charge in [0.15, 0.2) is 4.87 Å². The van der Waals surface area contributed by atoms with Crippen LogP contribution in [0.1, 0.15) is 11.1 Å². The molecule has 0 aromatic heterocycles. The smallest absolute Gasteiger partial charge is 0.262 e. The quantitative estimate of drug-likeness (QED) is 0.911. The minimum absolute atomic E-state index is 0.0631. The fourth-order valence-corrected chi connectivity index (χ4v) is 4.78. The SMILES string of the molecule is COc1ccc2c(c1)C1(NCCS1)C(=O)N2Cc1ccccc1Cl. The third kappa shape index (κ3) is 2.31. The van der Waals surface area contributed by atoms with E-state index >= 15 is 0 Å². The van der Waals surface area contributed by atoms with Gasteiger partial charge in [-0.1, -0.05) is 29.8 Å². The van der Waals surface area contributed by atoms with Crippen molar-refractivity contribution < 1.29 is 9.53 Å². The summed E-state index contributed by atoms with van der Waals surface area (Å²) in [6.45, 7) is 1.27. The molecular formula is C18H17ClN2O2S. The molecule has 1 spiro atoms. The number of nitrogens with zero attached hydrogens (tertiary/aromatic N) is 1. The van der Waals surface area contributed by atoms with Crippen molar-refractivity contribution in [3.8, 4) is 5.75 Å². The molecule has 2 aromatic carbocycles. The van der Waals surface area contributed by atoms with Crippen molar-refractivity contribution in [2.75, 3.05) is 24.3 Å². The number of halogens is 1. The first-order chi connectivity index (χ1) is 11.7. The molecule has 1 unspecified atom stereocenters. The monoisotopic (exact) mass is 360 g/mol. The second kappa shape index (κ2) is 5.99. The number of carbonyl (C=O) groups is 1. The van der Waals surface area contributed by atoms with Crippen molar-refractivity contribution in [1.29, 1.82) is 0 Å². The summed E-state index contributed by atoms with van der Waals surface area (Å²) in [7, 11) is 1.64. The highest BCUT2D eigenvalue weighted by Gasteiger charge is 2.53. The highest BCUT2D eigenvalue weighted by atomic mass is 35.5. The Hall–Kier alpha value is -1.69. The number of anilines is 1. The number of ether oxygens (including phenoxy) is 1. The van der Waals surface area contributed by atoms with Crippen LogP contribution in [-0.2, 0) is 16.2 Å². The predicted molar refractivity (Wildman–Crippen MR) is 97.8 cm³/mol. The van der Waals surface area contributed by atoms with Crippen LogP contribution in [-0.4, -0.2) is 25.3 Å². The average Bonchev–Trinajstić information content (AvgIpc) is 3.18.